The summed E-state index contributed by atoms with van der Waals surface area (Å²) in [5, 5.41) is 6.62. The van der Waals surface area contributed by atoms with Crippen LogP contribution in [-0.2, 0) is 11.3 Å². The second-order valence-corrected chi connectivity index (χ2v) is 10.5. The van der Waals surface area contributed by atoms with E-state index in [1.165, 1.54) is 11.1 Å². The predicted octanol–water partition coefficient (Wildman–Crippen LogP) is 4.82. The van der Waals surface area contributed by atoms with Gasteiger partial charge in [0.05, 0.1) is 32.5 Å². The molecule has 3 aromatic carbocycles. The second-order valence-electron chi connectivity index (χ2n) is 10.5. The first-order valence-corrected chi connectivity index (χ1v) is 13.6. The van der Waals surface area contributed by atoms with Crippen molar-refractivity contribution in [2.45, 2.75) is 32.9 Å². The van der Waals surface area contributed by atoms with Gasteiger partial charge in [0.1, 0.15) is 11.5 Å². The van der Waals surface area contributed by atoms with Crippen LogP contribution in [0.15, 0.2) is 71.8 Å². The number of benzene rings is 3. The van der Waals surface area contributed by atoms with E-state index in [2.05, 4.69) is 66.1 Å². The molecule has 0 aliphatic carbocycles. The Hall–Kier alpha value is -3.68. The summed E-state index contributed by atoms with van der Waals surface area (Å²) in [5.41, 5.74) is 6.60. The van der Waals surface area contributed by atoms with Gasteiger partial charge in [-0.3, -0.25) is 14.6 Å². The van der Waals surface area contributed by atoms with Gasteiger partial charge in [0, 0.05) is 50.3 Å². The maximum Gasteiger partial charge on any atom is 0.257 e. The summed E-state index contributed by atoms with van der Waals surface area (Å²) in [4.78, 5) is 18.5. The summed E-state index contributed by atoms with van der Waals surface area (Å²) < 4.78 is 11.2. The number of aryl methyl sites for hydroxylation is 2. The zero-order chi connectivity index (χ0) is 27.4. The molecule has 0 N–H and O–H groups in total. The largest absolute Gasteiger partial charge is 0.497 e. The van der Waals surface area contributed by atoms with Crippen molar-refractivity contribution in [2.75, 3.05) is 46.9 Å². The standard InChI is InChI=1S/C32H38N4O3/c1-23-10-12-27(24(2)18-23)29-20-30(28-19-26(38-3)11-13-31(28)39-4)36(33-29)32(37)22-35-16-14-34(15-17-35)21-25-8-6-5-7-9-25/h5-13,18-19,30H,14-17,20-22H2,1-4H3/t30-/m1/s1. The van der Waals surface area contributed by atoms with E-state index in [0.717, 1.165) is 66.6 Å². The number of carbonyl (C=O) groups is 1. The van der Waals surface area contributed by atoms with Crippen LogP contribution >= 0.6 is 0 Å². The summed E-state index contributed by atoms with van der Waals surface area (Å²) in [6, 6.07) is 22.4. The van der Waals surface area contributed by atoms with E-state index >= 15 is 0 Å². The molecular weight excluding hydrogens is 488 g/mol. The molecule has 2 aliphatic heterocycles. The third kappa shape index (κ3) is 6.15. The lowest BCUT2D eigenvalue weighted by Gasteiger charge is -2.35. The third-order valence-corrected chi connectivity index (χ3v) is 7.73. The van der Waals surface area contributed by atoms with Crippen LogP contribution in [0.5, 0.6) is 11.5 Å². The van der Waals surface area contributed by atoms with E-state index in [0.29, 0.717) is 13.0 Å². The van der Waals surface area contributed by atoms with Gasteiger partial charge in [-0.25, -0.2) is 5.01 Å². The SMILES string of the molecule is COc1ccc(OC)c([C@H]2CC(c3ccc(C)cc3C)=NN2C(=O)CN2CCN(Cc3ccccc3)CC2)c1. The highest BCUT2D eigenvalue weighted by Gasteiger charge is 2.36. The van der Waals surface area contributed by atoms with Gasteiger partial charge in [0.15, 0.2) is 0 Å². The topological polar surface area (TPSA) is 57.6 Å². The zero-order valence-corrected chi connectivity index (χ0v) is 23.4. The molecule has 1 fully saturated rings. The first-order valence-electron chi connectivity index (χ1n) is 13.6. The zero-order valence-electron chi connectivity index (χ0n) is 23.4. The Kier molecular flexibility index (Phi) is 8.29. The molecule has 0 spiro atoms. The quantitative estimate of drug-likeness (QED) is 0.422. The van der Waals surface area contributed by atoms with Crippen LogP contribution in [0.4, 0.5) is 0 Å². The number of methoxy groups -OCH3 is 2. The van der Waals surface area contributed by atoms with Crippen molar-refractivity contribution in [2.24, 2.45) is 5.10 Å². The predicted molar refractivity (Wildman–Crippen MR) is 154 cm³/mol. The molecule has 39 heavy (non-hydrogen) atoms. The fraction of sp³-hybridized carbons (Fsp3) is 0.375. The molecule has 0 unspecified atom stereocenters. The monoisotopic (exact) mass is 526 g/mol. The molecule has 2 aliphatic rings. The van der Waals surface area contributed by atoms with E-state index in [1.807, 2.05) is 24.3 Å². The second kappa shape index (κ2) is 12.0. The van der Waals surface area contributed by atoms with E-state index in [-0.39, 0.29) is 11.9 Å². The average Bonchev–Trinajstić information content (AvgIpc) is 3.39. The van der Waals surface area contributed by atoms with Gasteiger partial charge in [-0.2, -0.15) is 5.10 Å². The number of hydrogen-bond acceptors (Lipinski definition) is 6. The molecule has 0 radical (unpaired) electrons. The Bertz CT molecular complexity index is 1330. The van der Waals surface area contributed by atoms with Crippen LogP contribution in [0.1, 0.15) is 40.3 Å². The lowest BCUT2D eigenvalue weighted by Crippen LogP contribution is -2.49. The Morgan fingerprint density at radius 2 is 1.64 bits per heavy atom. The normalized spacial score (nSPS) is 18.2. The summed E-state index contributed by atoms with van der Waals surface area (Å²) >= 11 is 0. The van der Waals surface area contributed by atoms with Crippen molar-refractivity contribution < 1.29 is 14.3 Å². The van der Waals surface area contributed by atoms with Crippen molar-refractivity contribution in [1.82, 2.24) is 14.8 Å². The van der Waals surface area contributed by atoms with Gasteiger partial charge in [-0.05, 0) is 43.2 Å². The van der Waals surface area contributed by atoms with Gasteiger partial charge in [0.25, 0.3) is 5.91 Å². The highest BCUT2D eigenvalue weighted by Crippen LogP contribution is 2.39. The van der Waals surface area contributed by atoms with Crippen LogP contribution in [0.3, 0.4) is 0 Å². The molecule has 7 heteroatoms. The molecule has 7 nitrogen and oxygen atoms in total. The smallest absolute Gasteiger partial charge is 0.257 e. The summed E-state index contributed by atoms with van der Waals surface area (Å²) in [5.74, 6) is 1.46. The fourth-order valence-electron chi connectivity index (χ4n) is 5.59. The van der Waals surface area contributed by atoms with Crippen LogP contribution < -0.4 is 9.47 Å². The van der Waals surface area contributed by atoms with Crippen molar-refractivity contribution in [3.05, 3.63) is 94.5 Å². The molecule has 1 amide bonds. The number of hydrogen-bond donors (Lipinski definition) is 0. The van der Waals surface area contributed by atoms with Crippen LogP contribution in [-0.4, -0.2) is 73.4 Å². The number of amides is 1. The number of hydrazone groups is 1. The molecular formula is C32H38N4O3. The minimum absolute atomic E-state index is 0.00106. The average molecular weight is 527 g/mol. The minimum atomic E-state index is -0.266. The van der Waals surface area contributed by atoms with Gasteiger partial charge in [0.2, 0.25) is 0 Å². The van der Waals surface area contributed by atoms with Gasteiger partial charge in [-0.15, -0.1) is 0 Å². The third-order valence-electron chi connectivity index (χ3n) is 7.73. The molecule has 1 atom stereocenters. The number of nitrogens with zero attached hydrogens (tertiary/aromatic N) is 4. The molecule has 0 saturated carbocycles. The lowest BCUT2D eigenvalue weighted by atomic mass is 9.94. The molecule has 0 aromatic heterocycles. The minimum Gasteiger partial charge on any atom is -0.497 e. The molecule has 204 valence electrons. The van der Waals surface area contributed by atoms with Crippen molar-refractivity contribution in [3.8, 4) is 11.5 Å². The number of carbonyl (C=O) groups excluding carboxylic acids is 1. The van der Waals surface area contributed by atoms with E-state index < -0.39 is 0 Å². The van der Waals surface area contributed by atoms with Crippen LogP contribution in [0.25, 0.3) is 0 Å². The number of piperazine rings is 1. The van der Waals surface area contributed by atoms with Gasteiger partial charge in [-0.1, -0.05) is 54.1 Å². The Morgan fingerprint density at radius 3 is 2.33 bits per heavy atom. The molecule has 0 bridgehead atoms. The summed E-state index contributed by atoms with van der Waals surface area (Å²) in [6.45, 7) is 9.05. The highest BCUT2D eigenvalue weighted by atomic mass is 16.5. The highest BCUT2D eigenvalue weighted by molar-refractivity contribution is 6.04. The summed E-state index contributed by atoms with van der Waals surface area (Å²) in [6.07, 6.45) is 0.615. The molecule has 2 heterocycles. The maximum atomic E-state index is 13.8. The molecule has 1 saturated heterocycles. The van der Waals surface area contributed by atoms with E-state index in [9.17, 15) is 4.79 Å². The van der Waals surface area contributed by atoms with E-state index in [1.54, 1.807) is 19.2 Å². The Balaban J connectivity index is 1.35. The first-order chi connectivity index (χ1) is 18.9. The Labute approximate surface area is 231 Å². The lowest BCUT2D eigenvalue weighted by molar-refractivity contribution is -0.134. The fourth-order valence-corrected chi connectivity index (χ4v) is 5.59. The number of ether oxygens (including phenoxy) is 2. The molecule has 5 rings (SSSR count). The van der Waals surface area contributed by atoms with Crippen molar-refractivity contribution in [1.29, 1.82) is 0 Å². The van der Waals surface area contributed by atoms with Gasteiger partial charge < -0.3 is 9.47 Å². The van der Waals surface area contributed by atoms with Gasteiger partial charge >= 0.3 is 0 Å². The summed E-state index contributed by atoms with van der Waals surface area (Å²) in [7, 11) is 3.31. The maximum absolute atomic E-state index is 13.8. The van der Waals surface area contributed by atoms with Crippen molar-refractivity contribution >= 4 is 11.6 Å². The van der Waals surface area contributed by atoms with Crippen molar-refractivity contribution in [3.63, 3.8) is 0 Å². The van der Waals surface area contributed by atoms with Crippen LogP contribution in [0.2, 0.25) is 0 Å². The van der Waals surface area contributed by atoms with Crippen LogP contribution in [0, 0.1) is 13.8 Å². The first kappa shape index (κ1) is 26.9. The molecule has 3 aromatic rings. The van der Waals surface area contributed by atoms with E-state index in [4.69, 9.17) is 14.6 Å². The Morgan fingerprint density at radius 1 is 0.897 bits per heavy atom. The number of rotatable bonds is 8.